The van der Waals surface area contributed by atoms with Gasteiger partial charge in [-0.25, -0.2) is 5.84 Å². The third-order valence-electron chi connectivity index (χ3n) is 0.950. The Kier molecular flexibility index (Phi) is 4.00. The lowest BCUT2D eigenvalue weighted by Crippen LogP contribution is -2.30. The highest BCUT2D eigenvalue weighted by molar-refractivity contribution is 5.75. The number of hydrazine groups is 1. The number of carbonyl (C=O) groups excluding carboxylic acids is 1. The number of hydrogen-bond donors (Lipinski definition) is 3. The fourth-order valence-corrected chi connectivity index (χ4v) is 0.412. The number of aliphatic hydroxyl groups excluding tert-OH is 1. The normalized spacial score (nSPS) is 12.8. The van der Waals surface area contributed by atoms with E-state index in [2.05, 4.69) is 0 Å². The molecule has 1 amide bonds. The molecule has 0 aliphatic heterocycles. The topological polar surface area (TPSA) is 75.3 Å². The van der Waals surface area contributed by atoms with E-state index in [0.29, 0.717) is 6.42 Å². The van der Waals surface area contributed by atoms with Gasteiger partial charge >= 0.3 is 0 Å². The Hall–Kier alpha value is -0.610. The molecular weight excluding hydrogens is 120 g/mol. The standard InChI is InChI=1S/C5H12N2O2/c1-4(8)2-3-5(9)7-6/h4,8H,2-3,6H2,1H3,(H,7,9)/t4-/m1/s1. The highest BCUT2D eigenvalue weighted by atomic mass is 16.3. The van der Waals surface area contributed by atoms with Gasteiger partial charge in [-0.15, -0.1) is 0 Å². The van der Waals surface area contributed by atoms with E-state index in [4.69, 9.17) is 10.9 Å². The summed E-state index contributed by atoms with van der Waals surface area (Å²) >= 11 is 0. The number of rotatable bonds is 3. The van der Waals surface area contributed by atoms with Gasteiger partial charge in [-0.2, -0.15) is 0 Å². The predicted molar refractivity (Wildman–Crippen MR) is 33.2 cm³/mol. The smallest absolute Gasteiger partial charge is 0.233 e. The number of amides is 1. The molecule has 4 heteroatoms. The van der Waals surface area contributed by atoms with Gasteiger partial charge in [0.15, 0.2) is 0 Å². The maximum atomic E-state index is 10.4. The van der Waals surface area contributed by atoms with E-state index in [1.807, 2.05) is 5.43 Å². The molecule has 0 aromatic carbocycles. The van der Waals surface area contributed by atoms with E-state index in [9.17, 15) is 4.79 Å². The first-order chi connectivity index (χ1) is 4.16. The monoisotopic (exact) mass is 132 g/mol. The third-order valence-corrected chi connectivity index (χ3v) is 0.950. The molecule has 0 bridgehead atoms. The molecule has 9 heavy (non-hydrogen) atoms. The van der Waals surface area contributed by atoms with Gasteiger partial charge in [0.1, 0.15) is 0 Å². The molecule has 54 valence electrons. The lowest BCUT2D eigenvalue weighted by molar-refractivity contribution is -0.121. The van der Waals surface area contributed by atoms with Crippen molar-refractivity contribution < 1.29 is 9.90 Å². The highest BCUT2D eigenvalue weighted by Crippen LogP contribution is 1.93. The van der Waals surface area contributed by atoms with Crippen LogP contribution in [0.15, 0.2) is 0 Å². The Bertz CT molecular complexity index is 93.0. The van der Waals surface area contributed by atoms with E-state index in [0.717, 1.165) is 0 Å². The van der Waals surface area contributed by atoms with Crippen molar-refractivity contribution >= 4 is 5.91 Å². The van der Waals surface area contributed by atoms with Gasteiger partial charge in [-0.3, -0.25) is 10.2 Å². The first-order valence-corrected chi connectivity index (χ1v) is 2.84. The van der Waals surface area contributed by atoms with Gasteiger partial charge in [0.25, 0.3) is 0 Å². The lowest BCUT2D eigenvalue weighted by atomic mass is 10.2. The van der Waals surface area contributed by atoms with Crippen molar-refractivity contribution in [2.45, 2.75) is 25.9 Å². The largest absolute Gasteiger partial charge is 0.393 e. The van der Waals surface area contributed by atoms with Crippen LogP contribution in [0.4, 0.5) is 0 Å². The number of nitrogens with two attached hydrogens (primary N) is 1. The minimum absolute atomic E-state index is 0.240. The minimum atomic E-state index is -0.428. The van der Waals surface area contributed by atoms with Gasteiger partial charge in [0.05, 0.1) is 6.10 Å². The number of carbonyl (C=O) groups is 1. The van der Waals surface area contributed by atoms with Crippen LogP contribution in [0, 0.1) is 0 Å². The first kappa shape index (κ1) is 8.39. The van der Waals surface area contributed by atoms with E-state index in [1.54, 1.807) is 6.92 Å². The SMILES string of the molecule is C[C@@H](O)CCC(=O)NN. The molecule has 4 nitrogen and oxygen atoms in total. The molecule has 0 aliphatic carbocycles. The fraction of sp³-hybridized carbons (Fsp3) is 0.800. The van der Waals surface area contributed by atoms with Gasteiger partial charge in [0, 0.05) is 6.42 Å². The van der Waals surface area contributed by atoms with E-state index in [-0.39, 0.29) is 12.3 Å². The van der Waals surface area contributed by atoms with Gasteiger partial charge in [0.2, 0.25) is 5.91 Å². The Morgan fingerprint density at radius 3 is 2.78 bits per heavy atom. The van der Waals surface area contributed by atoms with E-state index < -0.39 is 6.10 Å². The summed E-state index contributed by atoms with van der Waals surface area (Å²) < 4.78 is 0. The van der Waals surface area contributed by atoms with Crippen LogP contribution in [0.1, 0.15) is 19.8 Å². The molecule has 0 spiro atoms. The van der Waals surface area contributed by atoms with Crippen LogP contribution in [-0.4, -0.2) is 17.1 Å². The first-order valence-electron chi connectivity index (χ1n) is 2.84. The summed E-state index contributed by atoms with van der Waals surface area (Å²) in [6, 6.07) is 0. The Morgan fingerprint density at radius 2 is 2.44 bits per heavy atom. The third kappa shape index (κ3) is 5.26. The minimum Gasteiger partial charge on any atom is -0.393 e. The quantitative estimate of drug-likeness (QED) is 0.265. The summed E-state index contributed by atoms with van der Waals surface area (Å²) in [5, 5.41) is 8.68. The van der Waals surface area contributed by atoms with Crippen LogP contribution < -0.4 is 11.3 Å². The van der Waals surface area contributed by atoms with Gasteiger partial charge < -0.3 is 5.11 Å². The Labute approximate surface area is 54.0 Å². The number of aliphatic hydroxyl groups is 1. The van der Waals surface area contributed by atoms with Crippen molar-refractivity contribution in [1.82, 2.24) is 5.43 Å². The second-order valence-electron chi connectivity index (χ2n) is 1.96. The molecule has 0 radical (unpaired) electrons. The maximum Gasteiger partial charge on any atom is 0.233 e. The number of nitrogens with one attached hydrogen (secondary N) is 1. The van der Waals surface area contributed by atoms with Crippen LogP contribution >= 0.6 is 0 Å². The highest BCUT2D eigenvalue weighted by Gasteiger charge is 2.00. The second kappa shape index (κ2) is 4.29. The molecule has 1 atom stereocenters. The molecule has 0 fully saturated rings. The Morgan fingerprint density at radius 1 is 1.89 bits per heavy atom. The Balaban J connectivity index is 3.17. The second-order valence-corrected chi connectivity index (χ2v) is 1.96. The summed E-state index contributed by atoms with van der Waals surface area (Å²) in [6.45, 7) is 1.63. The molecule has 0 unspecified atom stereocenters. The zero-order chi connectivity index (χ0) is 7.28. The maximum absolute atomic E-state index is 10.4. The molecule has 4 N–H and O–H groups in total. The zero-order valence-corrected chi connectivity index (χ0v) is 5.42. The van der Waals surface area contributed by atoms with Gasteiger partial charge in [-0.1, -0.05) is 0 Å². The molecule has 0 aliphatic rings. The summed E-state index contributed by atoms with van der Waals surface area (Å²) in [6.07, 6.45) is 0.319. The van der Waals surface area contributed by atoms with Gasteiger partial charge in [-0.05, 0) is 13.3 Å². The van der Waals surface area contributed by atoms with Crippen molar-refractivity contribution in [1.29, 1.82) is 0 Å². The predicted octanol–water partition coefficient (Wildman–Crippen LogP) is -0.863. The summed E-state index contributed by atoms with van der Waals surface area (Å²) in [7, 11) is 0. The van der Waals surface area contributed by atoms with Crippen LogP contribution in [0.3, 0.4) is 0 Å². The van der Waals surface area contributed by atoms with Crippen LogP contribution in [0.25, 0.3) is 0 Å². The van der Waals surface area contributed by atoms with Crippen LogP contribution in [0.2, 0.25) is 0 Å². The summed E-state index contributed by atoms with van der Waals surface area (Å²) in [5.74, 6) is 4.54. The van der Waals surface area contributed by atoms with E-state index >= 15 is 0 Å². The van der Waals surface area contributed by atoms with E-state index in [1.165, 1.54) is 0 Å². The van der Waals surface area contributed by atoms with Crippen molar-refractivity contribution in [3.63, 3.8) is 0 Å². The van der Waals surface area contributed by atoms with Crippen molar-refractivity contribution in [2.75, 3.05) is 0 Å². The van der Waals surface area contributed by atoms with Crippen LogP contribution in [-0.2, 0) is 4.79 Å². The van der Waals surface area contributed by atoms with Crippen molar-refractivity contribution in [2.24, 2.45) is 5.84 Å². The van der Waals surface area contributed by atoms with Crippen LogP contribution in [0.5, 0.6) is 0 Å². The van der Waals surface area contributed by atoms with Crippen molar-refractivity contribution in [3.8, 4) is 0 Å². The average molecular weight is 132 g/mol. The zero-order valence-electron chi connectivity index (χ0n) is 5.42. The molecule has 0 rings (SSSR count). The molecular formula is C5H12N2O2. The molecule has 0 aromatic rings. The molecule has 0 heterocycles. The average Bonchev–Trinajstić information content (AvgIpc) is 1.83. The molecule has 0 saturated carbocycles. The molecule has 0 aromatic heterocycles. The number of hydrogen-bond acceptors (Lipinski definition) is 3. The molecule has 0 saturated heterocycles. The summed E-state index contributed by atoms with van der Waals surface area (Å²) in [5.41, 5.74) is 1.97. The van der Waals surface area contributed by atoms with Crippen molar-refractivity contribution in [3.05, 3.63) is 0 Å². The fourth-order valence-electron chi connectivity index (χ4n) is 0.412. The lowest BCUT2D eigenvalue weighted by Gasteiger charge is -2.00. The summed E-state index contributed by atoms with van der Waals surface area (Å²) in [4.78, 5) is 10.4.